The Morgan fingerprint density at radius 3 is 2.67 bits per heavy atom. The van der Waals surface area contributed by atoms with Crippen LogP contribution in [0.25, 0.3) is 0 Å². The summed E-state index contributed by atoms with van der Waals surface area (Å²) >= 11 is 0. The average molecular weight is 253 g/mol. The minimum atomic E-state index is 0.884. The van der Waals surface area contributed by atoms with Crippen LogP contribution in [0.2, 0.25) is 0 Å². The van der Waals surface area contributed by atoms with Crippen molar-refractivity contribution in [2.24, 2.45) is 0 Å². The van der Waals surface area contributed by atoms with Crippen molar-refractivity contribution in [3.05, 3.63) is 0 Å². The van der Waals surface area contributed by atoms with E-state index in [1.807, 2.05) is 0 Å². The molecule has 1 atom stereocenters. The van der Waals surface area contributed by atoms with Gasteiger partial charge in [-0.05, 0) is 71.4 Å². The van der Waals surface area contributed by atoms with Crippen LogP contribution in [0.1, 0.15) is 45.4 Å². The molecule has 106 valence electrons. The van der Waals surface area contributed by atoms with Crippen LogP contribution in [0, 0.1) is 0 Å². The molecule has 0 aromatic heterocycles. The summed E-state index contributed by atoms with van der Waals surface area (Å²) in [6.07, 6.45) is 8.40. The van der Waals surface area contributed by atoms with Crippen molar-refractivity contribution in [2.75, 3.05) is 45.8 Å². The minimum absolute atomic E-state index is 0.884. The summed E-state index contributed by atoms with van der Waals surface area (Å²) < 4.78 is 0. The maximum atomic E-state index is 3.40. The molecule has 2 saturated heterocycles. The zero-order valence-electron chi connectivity index (χ0n) is 12.2. The fourth-order valence-corrected chi connectivity index (χ4v) is 3.36. The Labute approximate surface area is 113 Å². The maximum Gasteiger partial charge on any atom is 0.0235 e. The molecule has 0 aliphatic carbocycles. The molecule has 2 aliphatic heterocycles. The first-order valence-corrected chi connectivity index (χ1v) is 8.07. The van der Waals surface area contributed by atoms with E-state index in [0.29, 0.717) is 0 Å². The van der Waals surface area contributed by atoms with Crippen LogP contribution in [0.15, 0.2) is 0 Å². The Kier molecular flexibility index (Phi) is 6.46. The summed E-state index contributed by atoms with van der Waals surface area (Å²) in [6, 6.07) is 0.884. The molecule has 2 rings (SSSR count). The van der Waals surface area contributed by atoms with Gasteiger partial charge in [-0.25, -0.2) is 0 Å². The van der Waals surface area contributed by atoms with E-state index in [1.54, 1.807) is 0 Å². The number of unbranched alkanes of at least 4 members (excludes halogenated alkanes) is 2. The van der Waals surface area contributed by atoms with Crippen LogP contribution in [0.3, 0.4) is 0 Å². The van der Waals surface area contributed by atoms with E-state index in [2.05, 4.69) is 22.0 Å². The Morgan fingerprint density at radius 2 is 1.89 bits per heavy atom. The largest absolute Gasteiger partial charge is 0.317 e. The number of likely N-dealkylation sites (tertiary alicyclic amines) is 2. The Balaban J connectivity index is 1.50. The molecule has 0 spiro atoms. The molecule has 3 nitrogen and oxygen atoms in total. The number of hydrogen-bond donors (Lipinski definition) is 1. The third-order valence-corrected chi connectivity index (χ3v) is 4.48. The van der Waals surface area contributed by atoms with Gasteiger partial charge in [-0.15, -0.1) is 0 Å². The van der Waals surface area contributed by atoms with Gasteiger partial charge in [0.15, 0.2) is 0 Å². The van der Waals surface area contributed by atoms with Crippen molar-refractivity contribution in [2.45, 2.75) is 51.5 Å². The zero-order chi connectivity index (χ0) is 12.6. The standard InChI is InChI=1S/C15H31N3/c1-2-16-9-4-3-5-10-17-13-8-15(14-17)18-11-6-7-12-18/h15-16H,2-14H2,1H3. The summed E-state index contributed by atoms with van der Waals surface area (Å²) in [5.41, 5.74) is 0. The highest BCUT2D eigenvalue weighted by atomic mass is 15.3. The van der Waals surface area contributed by atoms with Crippen molar-refractivity contribution in [1.29, 1.82) is 0 Å². The number of nitrogens with one attached hydrogen (secondary N) is 1. The number of nitrogens with zero attached hydrogens (tertiary/aromatic N) is 2. The first kappa shape index (κ1) is 14.3. The molecule has 1 unspecified atom stereocenters. The third kappa shape index (κ3) is 4.52. The van der Waals surface area contributed by atoms with Crippen LogP contribution in [-0.4, -0.2) is 61.7 Å². The summed E-state index contributed by atoms with van der Waals surface area (Å²) in [6.45, 7) is 11.2. The molecule has 0 bridgehead atoms. The fraction of sp³-hybridized carbons (Fsp3) is 1.00. The molecule has 0 amide bonds. The van der Waals surface area contributed by atoms with Gasteiger partial charge in [0.25, 0.3) is 0 Å². The second-order valence-corrected chi connectivity index (χ2v) is 5.90. The third-order valence-electron chi connectivity index (χ3n) is 4.48. The van der Waals surface area contributed by atoms with E-state index in [0.717, 1.165) is 12.6 Å². The molecule has 0 aromatic carbocycles. The van der Waals surface area contributed by atoms with E-state index in [4.69, 9.17) is 0 Å². The molecular formula is C15H31N3. The van der Waals surface area contributed by atoms with Gasteiger partial charge in [-0.2, -0.15) is 0 Å². The van der Waals surface area contributed by atoms with Gasteiger partial charge in [0, 0.05) is 12.6 Å². The number of hydrogen-bond acceptors (Lipinski definition) is 3. The van der Waals surface area contributed by atoms with E-state index in [1.165, 1.54) is 77.8 Å². The minimum Gasteiger partial charge on any atom is -0.317 e. The van der Waals surface area contributed by atoms with E-state index in [9.17, 15) is 0 Å². The van der Waals surface area contributed by atoms with Gasteiger partial charge in [0.05, 0.1) is 0 Å². The molecule has 2 fully saturated rings. The van der Waals surface area contributed by atoms with Gasteiger partial charge >= 0.3 is 0 Å². The van der Waals surface area contributed by atoms with E-state index in [-0.39, 0.29) is 0 Å². The highest BCUT2D eigenvalue weighted by Gasteiger charge is 2.28. The van der Waals surface area contributed by atoms with Crippen LogP contribution in [-0.2, 0) is 0 Å². The highest BCUT2D eigenvalue weighted by Crippen LogP contribution is 2.20. The van der Waals surface area contributed by atoms with Gasteiger partial charge in [-0.1, -0.05) is 13.3 Å². The average Bonchev–Trinajstić information content (AvgIpc) is 3.03. The summed E-state index contributed by atoms with van der Waals surface area (Å²) in [7, 11) is 0. The molecule has 2 aliphatic rings. The summed E-state index contributed by atoms with van der Waals surface area (Å²) in [5, 5.41) is 3.40. The highest BCUT2D eigenvalue weighted by molar-refractivity contribution is 4.85. The lowest BCUT2D eigenvalue weighted by Gasteiger charge is -2.23. The Bertz CT molecular complexity index is 214. The smallest absolute Gasteiger partial charge is 0.0235 e. The molecule has 0 radical (unpaired) electrons. The van der Waals surface area contributed by atoms with E-state index < -0.39 is 0 Å². The predicted octanol–water partition coefficient (Wildman–Crippen LogP) is 1.94. The van der Waals surface area contributed by atoms with Crippen molar-refractivity contribution >= 4 is 0 Å². The quantitative estimate of drug-likeness (QED) is 0.667. The SMILES string of the molecule is CCNCCCCCN1CCC(N2CCCC2)C1. The van der Waals surface area contributed by atoms with Crippen molar-refractivity contribution in [3.63, 3.8) is 0 Å². The normalized spacial score (nSPS) is 26.2. The van der Waals surface area contributed by atoms with Crippen LogP contribution >= 0.6 is 0 Å². The Morgan fingerprint density at radius 1 is 1.06 bits per heavy atom. The van der Waals surface area contributed by atoms with Crippen LogP contribution in [0.5, 0.6) is 0 Å². The fourth-order valence-electron chi connectivity index (χ4n) is 3.36. The molecule has 0 aromatic rings. The summed E-state index contributed by atoms with van der Waals surface area (Å²) in [4.78, 5) is 5.42. The Hall–Kier alpha value is -0.120. The van der Waals surface area contributed by atoms with Gasteiger partial charge in [0.1, 0.15) is 0 Å². The molecule has 3 heteroatoms. The van der Waals surface area contributed by atoms with Crippen molar-refractivity contribution in [3.8, 4) is 0 Å². The lowest BCUT2D eigenvalue weighted by Crippen LogP contribution is -2.35. The molecule has 1 N–H and O–H groups in total. The first-order valence-electron chi connectivity index (χ1n) is 8.07. The van der Waals surface area contributed by atoms with Gasteiger partial charge in [0.2, 0.25) is 0 Å². The monoisotopic (exact) mass is 253 g/mol. The lowest BCUT2D eigenvalue weighted by atomic mass is 10.2. The molecular weight excluding hydrogens is 222 g/mol. The molecule has 2 heterocycles. The van der Waals surface area contributed by atoms with Crippen molar-refractivity contribution < 1.29 is 0 Å². The predicted molar refractivity (Wildman–Crippen MR) is 78.0 cm³/mol. The molecule has 18 heavy (non-hydrogen) atoms. The second-order valence-electron chi connectivity index (χ2n) is 5.90. The summed E-state index contributed by atoms with van der Waals surface area (Å²) in [5.74, 6) is 0. The van der Waals surface area contributed by atoms with Crippen LogP contribution < -0.4 is 5.32 Å². The maximum absolute atomic E-state index is 3.40. The van der Waals surface area contributed by atoms with Gasteiger partial charge < -0.3 is 10.2 Å². The van der Waals surface area contributed by atoms with E-state index >= 15 is 0 Å². The number of rotatable bonds is 8. The zero-order valence-corrected chi connectivity index (χ0v) is 12.2. The van der Waals surface area contributed by atoms with Gasteiger partial charge in [-0.3, -0.25) is 4.90 Å². The van der Waals surface area contributed by atoms with Crippen molar-refractivity contribution in [1.82, 2.24) is 15.1 Å². The van der Waals surface area contributed by atoms with Crippen LogP contribution in [0.4, 0.5) is 0 Å². The molecule has 0 saturated carbocycles. The first-order chi connectivity index (χ1) is 8.90. The lowest BCUT2D eigenvalue weighted by molar-refractivity contribution is 0.231. The topological polar surface area (TPSA) is 18.5 Å². The second kappa shape index (κ2) is 8.13.